The summed E-state index contributed by atoms with van der Waals surface area (Å²) in [6.07, 6.45) is 0.509. The lowest BCUT2D eigenvalue weighted by atomic mass is 10.0. The maximum Gasteiger partial charge on any atom is 0.253 e. The highest BCUT2D eigenvalue weighted by atomic mass is 19.1. The van der Waals surface area contributed by atoms with Crippen LogP contribution >= 0.6 is 0 Å². The molecule has 0 bridgehead atoms. The summed E-state index contributed by atoms with van der Waals surface area (Å²) in [4.78, 5) is 16.8. The van der Waals surface area contributed by atoms with Gasteiger partial charge in [0.1, 0.15) is 5.82 Å². The van der Waals surface area contributed by atoms with Crippen molar-refractivity contribution >= 4 is 16.8 Å². The third-order valence-electron chi connectivity index (χ3n) is 3.78. The van der Waals surface area contributed by atoms with Gasteiger partial charge in [-0.25, -0.2) is 4.39 Å². The number of carbonyl (C=O) groups is 1. The average molecular weight is 304 g/mol. The first-order valence-electron chi connectivity index (χ1n) is 7.41. The number of amides is 1. The van der Waals surface area contributed by atoms with Crippen molar-refractivity contribution in [1.29, 1.82) is 0 Å². The Kier molecular flexibility index (Phi) is 5.08. The van der Waals surface area contributed by atoms with E-state index in [4.69, 9.17) is 5.11 Å². The zero-order valence-electron chi connectivity index (χ0n) is 13.1. The highest BCUT2D eigenvalue weighted by Gasteiger charge is 2.19. The number of benzene rings is 1. The minimum absolute atomic E-state index is 0.0252. The van der Waals surface area contributed by atoms with E-state index < -0.39 is 0 Å². The van der Waals surface area contributed by atoms with Gasteiger partial charge in [0.2, 0.25) is 0 Å². The van der Waals surface area contributed by atoms with Crippen molar-refractivity contribution in [1.82, 2.24) is 10.3 Å². The second-order valence-electron chi connectivity index (χ2n) is 5.79. The Balaban J connectivity index is 2.31. The number of nitrogens with one attached hydrogen (secondary N) is 1. The first kappa shape index (κ1) is 16.4. The molecule has 0 radical (unpaired) electrons. The third kappa shape index (κ3) is 3.60. The molecule has 0 aliphatic rings. The van der Waals surface area contributed by atoms with Crippen LogP contribution in [0.2, 0.25) is 0 Å². The van der Waals surface area contributed by atoms with Crippen molar-refractivity contribution in [3.63, 3.8) is 0 Å². The summed E-state index contributed by atoms with van der Waals surface area (Å²) < 4.78 is 13.2. The van der Waals surface area contributed by atoms with Crippen molar-refractivity contribution in [2.45, 2.75) is 33.2 Å². The lowest BCUT2D eigenvalue weighted by molar-refractivity contribution is 0.0915. The maximum atomic E-state index is 13.2. The van der Waals surface area contributed by atoms with Crippen LogP contribution in [0.1, 0.15) is 36.3 Å². The van der Waals surface area contributed by atoms with Crippen LogP contribution in [0.4, 0.5) is 4.39 Å². The van der Waals surface area contributed by atoms with Crippen molar-refractivity contribution in [2.24, 2.45) is 5.92 Å². The van der Waals surface area contributed by atoms with Gasteiger partial charge in [-0.1, -0.05) is 13.8 Å². The van der Waals surface area contributed by atoms with E-state index in [0.29, 0.717) is 23.2 Å². The number of fused-ring (bicyclic) bond motifs is 1. The molecule has 5 heteroatoms. The summed E-state index contributed by atoms with van der Waals surface area (Å²) in [5.74, 6) is -0.346. The molecule has 1 aromatic heterocycles. The van der Waals surface area contributed by atoms with Crippen LogP contribution in [-0.2, 0) is 0 Å². The maximum absolute atomic E-state index is 13.2. The SMILES string of the molecule is Cc1nc2cc(F)ccc2cc1C(=O)NC(CCO)C(C)C. The minimum atomic E-state index is -0.348. The molecule has 1 amide bonds. The van der Waals surface area contributed by atoms with Gasteiger partial charge < -0.3 is 10.4 Å². The van der Waals surface area contributed by atoms with Crippen molar-refractivity contribution in [2.75, 3.05) is 6.61 Å². The number of halogens is 1. The van der Waals surface area contributed by atoms with Gasteiger partial charge >= 0.3 is 0 Å². The molecule has 0 aliphatic heterocycles. The van der Waals surface area contributed by atoms with Gasteiger partial charge in [0.25, 0.3) is 5.91 Å². The van der Waals surface area contributed by atoms with Crippen LogP contribution in [0.3, 0.4) is 0 Å². The van der Waals surface area contributed by atoms with Crippen LogP contribution in [-0.4, -0.2) is 28.6 Å². The number of hydrogen-bond donors (Lipinski definition) is 2. The Labute approximate surface area is 129 Å². The van der Waals surface area contributed by atoms with E-state index in [1.165, 1.54) is 12.1 Å². The zero-order chi connectivity index (χ0) is 16.3. The van der Waals surface area contributed by atoms with Gasteiger partial charge in [0.15, 0.2) is 0 Å². The molecule has 1 aromatic carbocycles. The molecule has 4 nitrogen and oxygen atoms in total. The molecule has 1 heterocycles. The largest absolute Gasteiger partial charge is 0.396 e. The van der Waals surface area contributed by atoms with Gasteiger partial charge in [0.05, 0.1) is 16.8 Å². The van der Waals surface area contributed by atoms with Crippen molar-refractivity contribution < 1.29 is 14.3 Å². The van der Waals surface area contributed by atoms with Crippen LogP contribution < -0.4 is 5.32 Å². The Bertz CT molecular complexity index is 686. The number of aryl methyl sites for hydroxylation is 1. The number of rotatable bonds is 5. The van der Waals surface area contributed by atoms with Gasteiger partial charge in [-0.2, -0.15) is 0 Å². The number of carbonyl (C=O) groups excluding carboxylic acids is 1. The number of aliphatic hydroxyl groups excluding tert-OH is 1. The molecule has 2 aromatic rings. The first-order chi connectivity index (χ1) is 10.4. The van der Waals surface area contributed by atoms with Crippen molar-refractivity contribution in [3.8, 4) is 0 Å². The Morgan fingerprint density at radius 2 is 2.09 bits per heavy atom. The zero-order valence-corrected chi connectivity index (χ0v) is 13.1. The van der Waals surface area contributed by atoms with E-state index >= 15 is 0 Å². The fraction of sp³-hybridized carbons (Fsp3) is 0.412. The monoisotopic (exact) mass is 304 g/mol. The van der Waals surface area contributed by atoms with Crippen LogP contribution in [0.25, 0.3) is 10.9 Å². The Morgan fingerprint density at radius 1 is 1.36 bits per heavy atom. The number of nitrogens with zero attached hydrogens (tertiary/aromatic N) is 1. The van der Waals surface area contributed by atoms with E-state index in [-0.39, 0.29) is 30.3 Å². The second-order valence-corrected chi connectivity index (χ2v) is 5.79. The molecule has 2 N–H and O–H groups in total. The number of aliphatic hydroxyl groups is 1. The van der Waals surface area contributed by atoms with E-state index in [2.05, 4.69) is 10.3 Å². The van der Waals surface area contributed by atoms with Crippen LogP contribution in [0.5, 0.6) is 0 Å². The molecular weight excluding hydrogens is 283 g/mol. The minimum Gasteiger partial charge on any atom is -0.396 e. The molecule has 0 spiro atoms. The summed E-state index contributed by atoms with van der Waals surface area (Å²) in [5.41, 5.74) is 1.56. The molecule has 0 aliphatic carbocycles. The summed E-state index contributed by atoms with van der Waals surface area (Å²) in [5, 5.41) is 12.8. The summed E-state index contributed by atoms with van der Waals surface area (Å²) >= 11 is 0. The predicted molar refractivity (Wildman–Crippen MR) is 84.2 cm³/mol. The van der Waals surface area contributed by atoms with Gasteiger partial charge in [-0.3, -0.25) is 9.78 Å². The Hall–Kier alpha value is -2.01. The van der Waals surface area contributed by atoms with Crippen LogP contribution in [0, 0.1) is 18.7 Å². The highest BCUT2D eigenvalue weighted by Crippen LogP contribution is 2.18. The molecule has 0 saturated heterocycles. The van der Waals surface area contributed by atoms with E-state index in [9.17, 15) is 9.18 Å². The molecule has 1 unspecified atom stereocenters. The Morgan fingerprint density at radius 3 is 2.73 bits per heavy atom. The number of aromatic nitrogens is 1. The summed E-state index contributed by atoms with van der Waals surface area (Å²) in [6.45, 7) is 5.75. The standard InChI is InChI=1S/C17H21FN2O2/c1-10(2)15(6-7-21)20-17(22)14-8-12-4-5-13(18)9-16(12)19-11(14)3/h4-5,8-10,15,21H,6-7H2,1-3H3,(H,20,22). The fourth-order valence-electron chi connectivity index (χ4n) is 2.42. The predicted octanol–water partition coefficient (Wildman–Crippen LogP) is 2.82. The topological polar surface area (TPSA) is 62.2 Å². The summed E-state index contributed by atoms with van der Waals surface area (Å²) in [6, 6.07) is 5.95. The average Bonchev–Trinajstić information content (AvgIpc) is 2.45. The van der Waals surface area contributed by atoms with E-state index in [1.54, 1.807) is 19.1 Å². The highest BCUT2D eigenvalue weighted by molar-refractivity contribution is 5.98. The lowest BCUT2D eigenvalue weighted by Crippen LogP contribution is -2.39. The molecular formula is C17H21FN2O2. The molecule has 2 rings (SSSR count). The smallest absolute Gasteiger partial charge is 0.253 e. The molecule has 0 saturated carbocycles. The normalized spacial score (nSPS) is 12.6. The van der Waals surface area contributed by atoms with Gasteiger partial charge in [-0.05, 0) is 37.5 Å². The van der Waals surface area contributed by atoms with Crippen molar-refractivity contribution in [3.05, 3.63) is 41.3 Å². The lowest BCUT2D eigenvalue weighted by Gasteiger charge is -2.22. The third-order valence-corrected chi connectivity index (χ3v) is 3.78. The summed E-state index contributed by atoms with van der Waals surface area (Å²) in [7, 11) is 0. The van der Waals surface area contributed by atoms with Gasteiger partial charge in [-0.15, -0.1) is 0 Å². The molecule has 22 heavy (non-hydrogen) atoms. The van der Waals surface area contributed by atoms with E-state index in [1.807, 2.05) is 13.8 Å². The number of pyridine rings is 1. The first-order valence-corrected chi connectivity index (χ1v) is 7.41. The van der Waals surface area contributed by atoms with Crippen LogP contribution in [0.15, 0.2) is 24.3 Å². The molecule has 1 atom stereocenters. The molecule has 118 valence electrons. The van der Waals surface area contributed by atoms with E-state index in [0.717, 1.165) is 5.39 Å². The quantitative estimate of drug-likeness (QED) is 0.893. The number of hydrogen-bond acceptors (Lipinski definition) is 3. The molecule has 0 fully saturated rings. The van der Waals surface area contributed by atoms with Gasteiger partial charge in [0, 0.05) is 24.1 Å². The second kappa shape index (κ2) is 6.83. The fourth-order valence-corrected chi connectivity index (χ4v) is 2.42.